The molecule has 3 saturated heterocycles. The van der Waals surface area contributed by atoms with Gasteiger partial charge in [0.25, 0.3) is 0 Å². The molecule has 0 aromatic rings. The van der Waals surface area contributed by atoms with Crippen LogP contribution in [0.5, 0.6) is 0 Å². The van der Waals surface area contributed by atoms with Crippen molar-refractivity contribution in [2.45, 2.75) is 465 Å². The number of amides is 1. The second-order valence-electron chi connectivity index (χ2n) is 32.0. The fourth-order valence-electron chi connectivity index (χ4n) is 15.1. The molecule has 1 amide bonds. The number of hydrogen-bond acceptors (Lipinski definition) is 18. The van der Waals surface area contributed by atoms with E-state index in [9.17, 15) is 61.0 Å². The Kier molecular flexibility index (Phi) is 65.4. The van der Waals surface area contributed by atoms with Gasteiger partial charge >= 0.3 is 0 Å². The molecule has 19 nitrogen and oxygen atoms in total. The van der Waals surface area contributed by atoms with Gasteiger partial charge in [0.15, 0.2) is 18.9 Å². The quantitative estimate of drug-likeness (QED) is 0.0199. The van der Waals surface area contributed by atoms with Crippen molar-refractivity contribution in [3.63, 3.8) is 0 Å². The van der Waals surface area contributed by atoms with Crippen LogP contribution in [0.25, 0.3) is 0 Å². The summed E-state index contributed by atoms with van der Waals surface area (Å²) in [6.45, 7) is 1.74. The summed E-state index contributed by atoms with van der Waals surface area (Å²) in [7, 11) is 0. The first-order valence-corrected chi connectivity index (χ1v) is 45.3. The van der Waals surface area contributed by atoms with Crippen LogP contribution in [0.4, 0.5) is 0 Å². The Hall–Kier alpha value is -3.03. The van der Waals surface area contributed by atoms with Crippen LogP contribution in [0.2, 0.25) is 0 Å². The fourth-order valence-corrected chi connectivity index (χ4v) is 15.1. The highest BCUT2D eigenvalue weighted by molar-refractivity contribution is 5.76. The summed E-state index contributed by atoms with van der Waals surface area (Å²) in [5, 5.41) is 121. The molecule has 0 aliphatic carbocycles. The molecule has 0 aromatic carbocycles. The Morgan fingerprint density at radius 3 is 0.973 bits per heavy atom. The van der Waals surface area contributed by atoms with E-state index in [1.807, 2.05) is 0 Å². The summed E-state index contributed by atoms with van der Waals surface area (Å²) in [5.41, 5.74) is 0. The second-order valence-corrected chi connectivity index (χ2v) is 32.0. The minimum absolute atomic E-state index is 0.239. The molecule has 0 radical (unpaired) electrons. The van der Waals surface area contributed by atoms with E-state index < -0.39 is 124 Å². The molecule has 3 fully saturated rings. The molecule has 0 saturated carbocycles. The smallest absolute Gasteiger partial charge is 0.220 e. The van der Waals surface area contributed by atoms with E-state index in [1.165, 1.54) is 238 Å². The molecule has 0 aromatic heterocycles. The predicted molar refractivity (Wildman–Crippen MR) is 448 cm³/mol. The molecule has 12 N–H and O–H groups in total. The van der Waals surface area contributed by atoms with Gasteiger partial charge in [-0.2, -0.15) is 0 Å². The summed E-state index contributed by atoms with van der Waals surface area (Å²) < 4.78 is 34.6. The zero-order valence-electron chi connectivity index (χ0n) is 69.7. The van der Waals surface area contributed by atoms with Crippen LogP contribution in [0, 0.1) is 0 Å². The van der Waals surface area contributed by atoms with Gasteiger partial charge in [0, 0.05) is 6.42 Å². The van der Waals surface area contributed by atoms with Crippen LogP contribution in [0.3, 0.4) is 0 Å². The average molecular weight is 1570 g/mol. The van der Waals surface area contributed by atoms with Gasteiger partial charge in [-0.25, -0.2) is 0 Å². The van der Waals surface area contributed by atoms with E-state index in [-0.39, 0.29) is 18.9 Å². The molecule has 17 atom stereocenters. The molecule has 646 valence electrons. The highest BCUT2D eigenvalue weighted by Crippen LogP contribution is 2.34. The van der Waals surface area contributed by atoms with Crippen LogP contribution in [-0.2, 0) is 33.2 Å². The van der Waals surface area contributed by atoms with Crippen molar-refractivity contribution in [3.05, 3.63) is 85.1 Å². The number of aliphatic hydroxyl groups is 11. The first-order valence-electron chi connectivity index (χ1n) is 45.3. The van der Waals surface area contributed by atoms with Crippen molar-refractivity contribution in [1.29, 1.82) is 0 Å². The van der Waals surface area contributed by atoms with E-state index in [1.54, 1.807) is 0 Å². The van der Waals surface area contributed by atoms with Crippen LogP contribution in [-0.4, -0.2) is 193 Å². The molecule has 0 bridgehead atoms. The zero-order chi connectivity index (χ0) is 80.3. The number of aliphatic hydroxyl groups excluding tert-OH is 11. The van der Waals surface area contributed by atoms with Crippen LogP contribution in [0.15, 0.2) is 85.1 Å². The maximum Gasteiger partial charge on any atom is 0.220 e. The van der Waals surface area contributed by atoms with E-state index in [4.69, 9.17) is 28.4 Å². The minimum atomic E-state index is -1.98. The maximum atomic E-state index is 13.5. The topological polar surface area (TPSA) is 307 Å². The van der Waals surface area contributed by atoms with E-state index >= 15 is 0 Å². The summed E-state index contributed by atoms with van der Waals surface area (Å²) in [6.07, 6.45) is 69.7. The largest absolute Gasteiger partial charge is 0.394 e. The first kappa shape index (κ1) is 102. The van der Waals surface area contributed by atoms with Gasteiger partial charge in [-0.1, -0.05) is 369 Å². The number of carbonyl (C=O) groups excluding carboxylic acids is 1. The van der Waals surface area contributed by atoms with Crippen molar-refractivity contribution in [2.24, 2.45) is 0 Å². The monoisotopic (exact) mass is 1570 g/mol. The number of nitrogens with one attached hydrogen (secondary N) is 1. The molecule has 17 unspecified atom stereocenters. The third-order valence-corrected chi connectivity index (χ3v) is 22.2. The van der Waals surface area contributed by atoms with Crippen molar-refractivity contribution in [3.8, 4) is 0 Å². The lowest BCUT2D eigenvalue weighted by Crippen LogP contribution is -2.66. The first-order chi connectivity index (χ1) is 54.3. The molecule has 3 rings (SSSR count). The standard InChI is InChI=1S/C92H165NO18/c1-3-5-7-9-11-13-15-17-19-21-23-25-27-29-31-32-33-34-35-36-37-38-39-40-41-42-44-46-48-50-52-54-56-58-60-62-64-66-68-70-80(98)93-75(76(97)69-67-65-63-61-59-57-55-53-51-49-47-45-43-30-28-26-24-22-20-18-16-14-12-10-8-6-4-2)74-106-90-86(104)83(101)88(78(72-95)108-90)111-92-87(105)84(102)89(79(73-96)109-92)110-91-85(103)82(100)81(99)77(71-94)107-91/h5,7,11,13,17,19,23,25,29,31,33-34,36-37,75-79,81-92,94-97,99-105H,3-4,6,8-10,12,14-16,18,20-22,24,26-28,30,32,35,38-74H2,1-2H3,(H,93,98)/b7-5-,13-11-,19-17-,25-23-,31-29-,34-33-,37-36-. The molecule has 111 heavy (non-hydrogen) atoms. The van der Waals surface area contributed by atoms with Crippen LogP contribution in [0.1, 0.15) is 361 Å². The van der Waals surface area contributed by atoms with E-state index in [2.05, 4.69) is 104 Å². The Bertz CT molecular complexity index is 2330. The van der Waals surface area contributed by atoms with Crippen molar-refractivity contribution >= 4 is 5.91 Å². The number of rotatable bonds is 73. The van der Waals surface area contributed by atoms with Crippen molar-refractivity contribution < 1.29 is 89.4 Å². The van der Waals surface area contributed by atoms with Gasteiger partial charge in [-0.3, -0.25) is 4.79 Å². The Labute approximate surface area is 673 Å². The normalized spacial score (nSPS) is 25.4. The van der Waals surface area contributed by atoms with Gasteiger partial charge in [-0.05, 0) is 70.6 Å². The highest BCUT2D eigenvalue weighted by Gasteiger charge is 2.54. The Morgan fingerprint density at radius 2 is 0.622 bits per heavy atom. The SMILES string of the molecule is CC/C=C\C/C=C\C/C=C\C/C=C\C/C=C\C/C=C\C/C=C\CCCCCCCCCCCCCCCCCCCC(=O)NC(COC1OC(CO)C(OC2OC(CO)C(OC3OC(CO)C(O)C(O)C3O)C(O)C2O)C(O)C1O)C(O)CCCCCCCCCCCCCCCCCCCCCCCCCCCCC. The van der Waals surface area contributed by atoms with E-state index in [0.29, 0.717) is 12.8 Å². The van der Waals surface area contributed by atoms with Gasteiger partial charge < -0.3 is 89.9 Å². The Balaban J connectivity index is 1.31. The molecule has 3 aliphatic rings. The molecular weight excluding hydrogens is 1410 g/mol. The van der Waals surface area contributed by atoms with Gasteiger partial charge in [0.05, 0.1) is 38.6 Å². The zero-order valence-corrected chi connectivity index (χ0v) is 69.7. The Morgan fingerprint density at radius 1 is 0.333 bits per heavy atom. The van der Waals surface area contributed by atoms with Crippen molar-refractivity contribution in [1.82, 2.24) is 5.32 Å². The predicted octanol–water partition coefficient (Wildman–Crippen LogP) is 17.3. The number of unbranched alkanes of at least 4 members (excludes halogenated alkanes) is 43. The minimum Gasteiger partial charge on any atom is -0.394 e. The summed E-state index contributed by atoms with van der Waals surface area (Å²) >= 11 is 0. The second kappa shape index (κ2) is 71.1. The summed E-state index contributed by atoms with van der Waals surface area (Å²) in [4.78, 5) is 13.5. The average Bonchev–Trinajstić information content (AvgIpc) is 0.780. The lowest BCUT2D eigenvalue weighted by Gasteiger charge is -2.48. The lowest BCUT2D eigenvalue weighted by molar-refractivity contribution is -0.379. The van der Waals surface area contributed by atoms with E-state index in [0.717, 1.165) is 89.9 Å². The van der Waals surface area contributed by atoms with Crippen molar-refractivity contribution in [2.75, 3.05) is 26.4 Å². The number of carbonyl (C=O) groups is 1. The third-order valence-electron chi connectivity index (χ3n) is 22.2. The van der Waals surface area contributed by atoms with Gasteiger partial charge in [-0.15, -0.1) is 0 Å². The molecule has 19 heteroatoms. The number of hydrogen-bond donors (Lipinski definition) is 12. The highest BCUT2D eigenvalue weighted by atomic mass is 16.8. The molecule has 0 spiro atoms. The molecule has 3 aliphatic heterocycles. The fraction of sp³-hybridized carbons (Fsp3) is 0.837. The number of allylic oxidation sites excluding steroid dienone is 14. The molecule has 3 heterocycles. The lowest BCUT2D eigenvalue weighted by atomic mass is 9.96. The van der Waals surface area contributed by atoms with Crippen LogP contribution < -0.4 is 5.32 Å². The van der Waals surface area contributed by atoms with Gasteiger partial charge in [0.2, 0.25) is 5.91 Å². The maximum absolute atomic E-state index is 13.5. The molecular formula is C92H165NO18. The summed E-state index contributed by atoms with van der Waals surface area (Å²) in [5.74, 6) is -0.239. The van der Waals surface area contributed by atoms with Gasteiger partial charge in [0.1, 0.15) is 73.2 Å². The third kappa shape index (κ3) is 49.7. The summed E-state index contributed by atoms with van der Waals surface area (Å²) in [6, 6.07) is -0.892. The number of ether oxygens (including phenoxy) is 6. The van der Waals surface area contributed by atoms with Crippen LogP contribution >= 0.6 is 0 Å².